The van der Waals surface area contributed by atoms with Gasteiger partial charge in [-0.15, -0.1) is 0 Å². The topological polar surface area (TPSA) is 41.5 Å². The van der Waals surface area contributed by atoms with E-state index in [1.807, 2.05) is 18.2 Å². The van der Waals surface area contributed by atoms with Gasteiger partial charge in [-0.25, -0.2) is 0 Å². The summed E-state index contributed by atoms with van der Waals surface area (Å²) in [5.41, 5.74) is 1.20. The summed E-state index contributed by atoms with van der Waals surface area (Å²) in [6.45, 7) is 4.73. The van der Waals surface area contributed by atoms with Gasteiger partial charge >= 0.3 is 0 Å². The number of rotatable bonds is 6. The van der Waals surface area contributed by atoms with Gasteiger partial charge in [0.05, 0.1) is 13.2 Å². The van der Waals surface area contributed by atoms with Crippen molar-refractivity contribution in [3.63, 3.8) is 0 Å². The minimum absolute atomic E-state index is 0.245. The van der Waals surface area contributed by atoms with Gasteiger partial charge in [0.2, 0.25) is 0 Å². The fraction of sp³-hybridized carbons (Fsp3) is 0.538. The molecule has 16 heavy (non-hydrogen) atoms. The summed E-state index contributed by atoms with van der Waals surface area (Å²) >= 11 is 0. The summed E-state index contributed by atoms with van der Waals surface area (Å²) in [5, 5.41) is 12.5. The Kier molecular flexibility index (Phi) is 5.29. The highest BCUT2D eigenvalue weighted by atomic mass is 16.5. The van der Waals surface area contributed by atoms with E-state index >= 15 is 0 Å². The molecule has 3 heteroatoms. The van der Waals surface area contributed by atoms with Gasteiger partial charge in [0, 0.05) is 6.04 Å². The molecule has 0 bridgehead atoms. The molecule has 0 saturated heterocycles. The smallest absolute Gasteiger partial charge is 0.119 e. The maximum absolute atomic E-state index is 9.16. The third kappa shape index (κ3) is 4.21. The van der Waals surface area contributed by atoms with Crippen LogP contribution in [0.4, 0.5) is 0 Å². The summed E-state index contributed by atoms with van der Waals surface area (Å²) in [5.74, 6) is 0.877. The predicted molar refractivity (Wildman–Crippen MR) is 65.7 cm³/mol. The highest BCUT2D eigenvalue weighted by molar-refractivity contribution is 5.30. The predicted octanol–water partition coefficient (Wildman–Crippen LogP) is 2.12. The molecule has 1 aromatic carbocycles. The second-order valence-corrected chi connectivity index (χ2v) is 4.09. The van der Waals surface area contributed by atoms with Crippen LogP contribution in [-0.2, 0) is 0 Å². The molecule has 0 aliphatic rings. The van der Waals surface area contributed by atoms with E-state index in [1.165, 1.54) is 5.56 Å². The van der Waals surface area contributed by atoms with Crippen molar-refractivity contribution >= 4 is 0 Å². The van der Waals surface area contributed by atoms with Crippen LogP contribution in [0.1, 0.15) is 31.9 Å². The maximum Gasteiger partial charge on any atom is 0.119 e. The van der Waals surface area contributed by atoms with Crippen LogP contribution in [0, 0.1) is 0 Å². The molecular weight excluding hydrogens is 202 g/mol. The molecule has 0 heterocycles. The quantitative estimate of drug-likeness (QED) is 0.776. The van der Waals surface area contributed by atoms with Gasteiger partial charge in [0.25, 0.3) is 0 Å². The molecule has 0 aromatic heterocycles. The lowest BCUT2D eigenvalue weighted by Crippen LogP contribution is -2.22. The molecule has 0 aliphatic carbocycles. The average molecular weight is 223 g/mol. The van der Waals surface area contributed by atoms with Gasteiger partial charge in [-0.1, -0.05) is 12.1 Å². The Morgan fingerprint density at radius 3 is 2.75 bits per heavy atom. The highest BCUT2D eigenvalue weighted by Gasteiger charge is 2.05. The van der Waals surface area contributed by atoms with E-state index < -0.39 is 0 Å². The van der Waals surface area contributed by atoms with Crippen molar-refractivity contribution in [2.45, 2.75) is 32.4 Å². The van der Waals surface area contributed by atoms with Gasteiger partial charge in [-0.3, -0.25) is 0 Å². The van der Waals surface area contributed by atoms with Crippen molar-refractivity contribution in [2.24, 2.45) is 0 Å². The Morgan fingerprint density at radius 2 is 2.12 bits per heavy atom. The number of methoxy groups -OCH3 is 1. The molecule has 0 fully saturated rings. The van der Waals surface area contributed by atoms with E-state index in [2.05, 4.69) is 18.3 Å². The van der Waals surface area contributed by atoms with E-state index in [0.29, 0.717) is 0 Å². The summed E-state index contributed by atoms with van der Waals surface area (Å²) in [4.78, 5) is 0. The number of hydrogen-bond donors (Lipinski definition) is 2. The van der Waals surface area contributed by atoms with Crippen LogP contribution in [0.15, 0.2) is 24.3 Å². The molecule has 0 spiro atoms. The van der Waals surface area contributed by atoms with E-state index in [0.717, 1.165) is 18.7 Å². The Balaban J connectivity index is 2.48. The van der Waals surface area contributed by atoms with Crippen molar-refractivity contribution in [1.29, 1.82) is 0 Å². The maximum atomic E-state index is 9.16. The summed E-state index contributed by atoms with van der Waals surface area (Å²) in [7, 11) is 1.67. The molecule has 0 radical (unpaired) electrons. The van der Waals surface area contributed by atoms with Gasteiger partial charge < -0.3 is 15.2 Å². The molecule has 2 atom stereocenters. The molecular formula is C13H21NO2. The van der Waals surface area contributed by atoms with Crippen LogP contribution >= 0.6 is 0 Å². The normalized spacial score (nSPS) is 14.5. The second-order valence-electron chi connectivity index (χ2n) is 4.09. The Hall–Kier alpha value is -1.06. The number of benzene rings is 1. The van der Waals surface area contributed by atoms with Crippen molar-refractivity contribution in [2.75, 3.05) is 13.7 Å². The molecule has 3 nitrogen and oxygen atoms in total. The SMILES string of the molecule is COc1cccc([C@H](C)NCCC(C)O)c1. The fourth-order valence-corrected chi connectivity index (χ4v) is 1.54. The molecule has 1 unspecified atom stereocenters. The first-order chi connectivity index (χ1) is 7.63. The Bertz CT molecular complexity index is 313. The number of nitrogens with one attached hydrogen (secondary N) is 1. The first-order valence-electron chi connectivity index (χ1n) is 5.69. The van der Waals surface area contributed by atoms with Gasteiger partial charge in [0.15, 0.2) is 0 Å². The lowest BCUT2D eigenvalue weighted by Gasteiger charge is -2.15. The molecule has 1 rings (SSSR count). The number of ether oxygens (including phenoxy) is 1. The number of hydrogen-bond acceptors (Lipinski definition) is 3. The number of aliphatic hydroxyl groups is 1. The van der Waals surface area contributed by atoms with E-state index in [1.54, 1.807) is 14.0 Å². The zero-order chi connectivity index (χ0) is 12.0. The van der Waals surface area contributed by atoms with E-state index in [9.17, 15) is 0 Å². The second kappa shape index (κ2) is 6.51. The fourth-order valence-electron chi connectivity index (χ4n) is 1.54. The monoisotopic (exact) mass is 223 g/mol. The van der Waals surface area contributed by atoms with Crippen LogP contribution in [0.25, 0.3) is 0 Å². The lowest BCUT2D eigenvalue weighted by atomic mass is 10.1. The van der Waals surface area contributed by atoms with E-state index in [4.69, 9.17) is 9.84 Å². The number of aliphatic hydroxyl groups excluding tert-OH is 1. The van der Waals surface area contributed by atoms with Gasteiger partial charge in [0.1, 0.15) is 5.75 Å². The molecule has 2 N–H and O–H groups in total. The molecule has 90 valence electrons. The van der Waals surface area contributed by atoms with Crippen LogP contribution in [-0.4, -0.2) is 24.9 Å². The van der Waals surface area contributed by atoms with Gasteiger partial charge in [-0.2, -0.15) is 0 Å². The van der Waals surface area contributed by atoms with Crippen molar-refractivity contribution < 1.29 is 9.84 Å². The van der Waals surface area contributed by atoms with Crippen LogP contribution in [0.5, 0.6) is 5.75 Å². The van der Waals surface area contributed by atoms with Crippen LogP contribution in [0.2, 0.25) is 0 Å². The largest absolute Gasteiger partial charge is 0.497 e. The molecule has 0 amide bonds. The minimum Gasteiger partial charge on any atom is -0.497 e. The zero-order valence-corrected chi connectivity index (χ0v) is 10.2. The van der Waals surface area contributed by atoms with Crippen LogP contribution < -0.4 is 10.1 Å². The first-order valence-corrected chi connectivity index (χ1v) is 5.69. The Morgan fingerprint density at radius 1 is 1.38 bits per heavy atom. The van der Waals surface area contributed by atoms with Crippen molar-refractivity contribution in [3.8, 4) is 5.75 Å². The molecule has 0 aliphatic heterocycles. The summed E-state index contributed by atoms with van der Waals surface area (Å²) in [6, 6.07) is 8.30. The molecule has 1 aromatic rings. The standard InChI is InChI=1S/C13H21NO2/c1-10(15)7-8-14-11(2)12-5-4-6-13(9-12)16-3/h4-6,9-11,14-15H,7-8H2,1-3H3/t10?,11-/m0/s1. The average Bonchev–Trinajstić information content (AvgIpc) is 2.28. The summed E-state index contributed by atoms with van der Waals surface area (Å²) in [6.07, 6.45) is 0.527. The first kappa shape index (κ1) is 13.0. The summed E-state index contributed by atoms with van der Waals surface area (Å²) < 4.78 is 5.18. The third-order valence-electron chi connectivity index (χ3n) is 2.61. The van der Waals surface area contributed by atoms with Gasteiger partial charge in [-0.05, 0) is 44.5 Å². The minimum atomic E-state index is -0.245. The Labute approximate surface area is 97.4 Å². The highest BCUT2D eigenvalue weighted by Crippen LogP contribution is 2.18. The lowest BCUT2D eigenvalue weighted by molar-refractivity contribution is 0.182. The third-order valence-corrected chi connectivity index (χ3v) is 2.61. The molecule has 0 saturated carbocycles. The van der Waals surface area contributed by atoms with Crippen molar-refractivity contribution in [1.82, 2.24) is 5.32 Å². The van der Waals surface area contributed by atoms with E-state index in [-0.39, 0.29) is 12.1 Å². The van der Waals surface area contributed by atoms with Crippen molar-refractivity contribution in [3.05, 3.63) is 29.8 Å². The zero-order valence-electron chi connectivity index (χ0n) is 10.2. The van der Waals surface area contributed by atoms with Crippen LogP contribution in [0.3, 0.4) is 0 Å².